The maximum atomic E-state index is 12.0. The van der Waals surface area contributed by atoms with Gasteiger partial charge in [0.2, 0.25) is 5.91 Å². The fourth-order valence-corrected chi connectivity index (χ4v) is 2.62. The number of hydrazone groups is 1. The molecule has 2 aromatic carbocycles. The van der Waals surface area contributed by atoms with Gasteiger partial charge in [0.1, 0.15) is 17.3 Å². The molecule has 0 bridgehead atoms. The lowest BCUT2D eigenvalue weighted by molar-refractivity contribution is -0.120. The van der Waals surface area contributed by atoms with Crippen LogP contribution in [0.1, 0.15) is 28.6 Å². The van der Waals surface area contributed by atoms with Crippen LogP contribution in [0.2, 0.25) is 0 Å². The van der Waals surface area contributed by atoms with Crippen molar-refractivity contribution >= 4 is 18.1 Å². The zero-order chi connectivity index (χ0) is 20.6. The molecule has 0 atom stereocenters. The number of hydrogen-bond acceptors (Lipinski definition) is 5. The summed E-state index contributed by atoms with van der Waals surface area (Å²) in [7, 11) is 0. The standard InChI is InChI=1S/C22H20N2O5/c1-2-28-18-9-3-15(4-10-18)13-21(25)24-23-14-19-11-12-20(29-19)16-5-7-17(8-6-16)22(26)27/h3-12,14H,2,13H2,1H3,(H,24,25)(H,26,27)/b23-14-. The van der Waals surface area contributed by atoms with Gasteiger partial charge in [-0.1, -0.05) is 24.3 Å². The van der Waals surface area contributed by atoms with E-state index >= 15 is 0 Å². The molecular weight excluding hydrogens is 372 g/mol. The lowest BCUT2D eigenvalue weighted by atomic mass is 10.1. The number of carboxylic acids is 1. The monoisotopic (exact) mass is 392 g/mol. The van der Waals surface area contributed by atoms with E-state index in [1.807, 2.05) is 31.2 Å². The van der Waals surface area contributed by atoms with Crippen LogP contribution in [0.25, 0.3) is 11.3 Å². The summed E-state index contributed by atoms with van der Waals surface area (Å²) in [4.78, 5) is 22.9. The number of carbonyl (C=O) groups is 2. The van der Waals surface area contributed by atoms with Crippen molar-refractivity contribution in [3.63, 3.8) is 0 Å². The molecule has 0 fully saturated rings. The van der Waals surface area contributed by atoms with E-state index in [0.29, 0.717) is 18.1 Å². The zero-order valence-corrected chi connectivity index (χ0v) is 15.8. The van der Waals surface area contributed by atoms with Gasteiger partial charge >= 0.3 is 5.97 Å². The van der Waals surface area contributed by atoms with Crippen molar-refractivity contribution in [2.75, 3.05) is 6.61 Å². The number of carbonyl (C=O) groups excluding carboxylic acids is 1. The molecule has 0 aliphatic heterocycles. The largest absolute Gasteiger partial charge is 0.494 e. The summed E-state index contributed by atoms with van der Waals surface area (Å²) >= 11 is 0. The number of nitrogens with zero attached hydrogens (tertiary/aromatic N) is 1. The third-order valence-corrected chi connectivity index (χ3v) is 4.02. The van der Waals surface area contributed by atoms with Crippen molar-refractivity contribution in [1.82, 2.24) is 5.43 Å². The number of carboxylic acid groups (broad SMARTS) is 1. The number of hydrogen-bond donors (Lipinski definition) is 2. The number of rotatable bonds is 8. The van der Waals surface area contributed by atoms with Gasteiger partial charge in [0, 0.05) is 5.56 Å². The van der Waals surface area contributed by atoms with Gasteiger partial charge in [-0.05, 0) is 48.9 Å². The van der Waals surface area contributed by atoms with Gasteiger partial charge in [0.25, 0.3) is 0 Å². The summed E-state index contributed by atoms with van der Waals surface area (Å²) in [6, 6.07) is 17.1. The predicted octanol–water partition coefficient (Wildman–Crippen LogP) is 3.74. The second kappa shape index (κ2) is 9.36. The molecule has 0 saturated heterocycles. The summed E-state index contributed by atoms with van der Waals surface area (Å²) in [5, 5.41) is 12.8. The lowest BCUT2D eigenvalue weighted by Gasteiger charge is -2.04. The van der Waals surface area contributed by atoms with Crippen LogP contribution in [0.5, 0.6) is 5.75 Å². The Bertz CT molecular complexity index is 1000. The lowest BCUT2D eigenvalue weighted by Crippen LogP contribution is -2.19. The Labute approximate surface area is 167 Å². The number of benzene rings is 2. The quantitative estimate of drug-likeness (QED) is 0.449. The first-order valence-corrected chi connectivity index (χ1v) is 9.02. The summed E-state index contributed by atoms with van der Waals surface area (Å²) in [6.45, 7) is 2.51. The van der Waals surface area contributed by atoms with E-state index in [1.54, 1.807) is 24.3 Å². The van der Waals surface area contributed by atoms with E-state index in [-0.39, 0.29) is 17.9 Å². The molecule has 0 spiro atoms. The molecule has 3 aromatic rings. The highest BCUT2D eigenvalue weighted by Gasteiger charge is 2.07. The van der Waals surface area contributed by atoms with Gasteiger partial charge in [0.15, 0.2) is 0 Å². The molecule has 0 radical (unpaired) electrons. The molecule has 7 nitrogen and oxygen atoms in total. The van der Waals surface area contributed by atoms with E-state index < -0.39 is 5.97 Å². The average Bonchev–Trinajstić information content (AvgIpc) is 3.19. The Morgan fingerprint density at radius 1 is 1.07 bits per heavy atom. The van der Waals surface area contributed by atoms with Crippen LogP contribution >= 0.6 is 0 Å². The molecule has 7 heteroatoms. The SMILES string of the molecule is CCOc1ccc(CC(=O)N/N=C\c2ccc(-c3ccc(C(=O)O)cc3)o2)cc1. The van der Waals surface area contributed by atoms with Crippen LogP contribution in [-0.2, 0) is 11.2 Å². The zero-order valence-electron chi connectivity index (χ0n) is 15.8. The number of aromatic carboxylic acids is 1. The normalized spacial score (nSPS) is 10.8. The molecule has 0 saturated carbocycles. The minimum Gasteiger partial charge on any atom is -0.494 e. The Kier molecular flexibility index (Phi) is 6.42. The van der Waals surface area contributed by atoms with Crippen LogP contribution in [0, 0.1) is 0 Å². The van der Waals surface area contributed by atoms with Crippen molar-refractivity contribution in [3.05, 3.63) is 77.6 Å². The third kappa shape index (κ3) is 5.55. The predicted molar refractivity (Wildman–Crippen MR) is 108 cm³/mol. The van der Waals surface area contributed by atoms with Gasteiger partial charge in [-0.2, -0.15) is 5.10 Å². The van der Waals surface area contributed by atoms with Crippen LogP contribution in [0.4, 0.5) is 0 Å². The molecule has 0 aliphatic rings. The molecule has 0 unspecified atom stereocenters. The molecule has 1 amide bonds. The van der Waals surface area contributed by atoms with Crippen molar-refractivity contribution in [3.8, 4) is 17.1 Å². The minimum absolute atomic E-state index is 0.197. The van der Waals surface area contributed by atoms with Gasteiger partial charge in [-0.25, -0.2) is 10.2 Å². The molecule has 2 N–H and O–H groups in total. The minimum atomic E-state index is -0.982. The molecular formula is C22H20N2O5. The van der Waals surface area contributed by atoms with Crippen LogP contribution in [0.15, 0.2) is 70.2 Å². The van der Waals surface area contributed by atoms with Gasteiger partial charge in [0.05, 0.1) is 24.8 Å². The number of ether oxygens (including phenoxy) is 1. The second-order valence-electron chi connectivity index (χ2n) is 6.13. The topological polar surface area (TPSA) is 101 Å². The highest BCUT2D eigenvalue weighted by atomic mass is 16.5. The molecule has 1 heterocycles. The maximum Gasteiger partial charge on any atom is 0.335 e. The first kappa shape index (κ1) is 19.9. The fourth-order valence-electron chi connectivity index (χ4n) is 2.62. The van der Waals surface area contributed by atoms with Crippen molar-refractivity contribution < 1.29 is 23.8 Å². The highest BCUT2D eigenvalue weighted by molar-refractivity contribution is 5.88. The maximum absolute atomic E-state index is 12.0. The number of amides is 1. The average molecular weight is 392 g/mol. The summed E-state index contributed by atoms with van der Waals surface area (Å²) < 4.78 is 11.0. The van der Waals surface area contributed by atoms with E-state index in [9.17, 15) is 9.59 Å². The summed E-state index contributed by atoms with van der Waals surface area (Å²) in [6.07, 6.45) is 1.61. The molecule has 0 aliphatic carbocycles. The fraction of sp³-hybridized carbons (Fsp3) is 0.136. The van der Waals surface area contributed by atoms with E-state index in [0.717, 1.165) is 16.9 Å². The first-order chi connectivity index (χ1) is 14.0. The number of nitrogens with one attached hydrogen (secondary N) is 1. The molecule has 148 valence electrons. The van der Waals surface area contributed by atoms with Crippen molar-refractivity contribution in [2.45, 2.75) is 13.3 Å². The molecule has 1 aromatic heterocycles. The van der Waals surface area contributed by atoms with Crippen LogP contribution < -0.4 is 10.2 Å². The smallest absolute Gasteiger partial charge is 0.335 e. The van der Waals surface area contributed by atoms with Gasteiger partial charge in [-0.15, -0.1) is 0 Å². The summed E-state index contributed by atoms with van der Waals surface area (Å²) in [5.41, 5.74) is 4.27. The van der Waals surface area contributed by atoms with E-state index in [2.05, 4.69) is 10.5 Å². The van der Waals surface area contributed by atoms with Gasteiger partial charge in [-0.3, -0.25) is 4.79 Å². The van der Waals surface area contributed by atoms with E-state index in [1.165, 1.54) is 18.3 Å². The van der Waals surface area contributed by atoms with E-state index in [4.69, 9.17) is 14.3 Å². The highest BCUT2D eigenvalue weighted by Crippen LogP contribution is 2.22. The number of furan rings is 1. The van der Waals surface area contributed by atoms with Crippen LogP contribution in [0.3, 0.4) is 0 Å². The Hall–Kier alpha value is -3.87. The van der Waals surface area contributed by atoms with Crippen molar-refractivity contribution in [1.29, 1.82) is 0 Å². The Balaban J connectivity index is 1.54. The molecule has 29 heavy (non-hydrogen) atoms. The molecule has 3 rings (SSSR count). The Morgan fingerprint density at radius 2 is 1.79 bits per heavy atom. The first-order valence-electron chi connectivity index (χ1n) is 9.02. The van der Waals surface area contributed by atoms with Crippen LogP contribution in [-0.4, -0.2) is 29.8 Å². The second-order valence-corrected chi connectivity index (χ2v) is 6.13. The summed E-state index contributed by atoms with van der Waals surface area (Å²) in [5.74, 6) is 0.569. The third-order valence-electron chi connectivity index (χ3n) is 4.02. The van der Waals surface area contributed by atoms with Gasteiger partial charge < -0.3 is 14.3 Å². The Morgan fingerprint density at radius 3 is 2.45 bits per heavy atom. The van der Waals surface area contributed by atoms with Crippen molar-refractivity contribution in [2.24, 2.45) is 5.10 Å².